The fraction of sp³-hybridized carbons (Fsp3) is 0.200. The van der Waals surface area contributed by atoms with Crippen LogP contribution in [0.5, 0.6) is 0 Å². The van der Waals surface area contributed by atoms with Crippen molar-refractivity contribution >= 4 is 35.8 Å². The van der Waals surface area contributed by atoms with E-state index in [9.17, 15) is 28.8 Å². The third-order valence-electron chi connectivity index (χ3n) is 4.33. The summed E-state index contributed by atoms with van der Waals surface area (Å²) in [5, 5.41) is 0. The van der Waals surface area contributed by atoms with Gasteiger partial charge in [0.15, 0.2) is 5.92 Å². The Morgan fingerprint density at radius 2 is 1.11 bits per heavy atom. The molecule has 182 valence electrons. The van der Waals surface area contributed by atoms with Gasteiger partial charge in [-0.05, 0) is 11.1 Å². The molecule has 0 aliphatic heterocycles. The lowest BCUT2D eigenvalue weighted by Crippen LogP contribution is -2.35. The van der Waals surface area contributed by atoms with Crippen LogP contribution in [0.3, 0.4) is 0 Å². The van der Waals surface area contributed by atoms with Crippen LogP contribution in [-0.2, 0) is 60.6 Å². The van der Waals surface area contributed by atoms with Crippen LogP contribution in [0.1, 0.15) is 11.1 Å². The zero-order chi connectivity index (χ0) is 25.6. The number of rotatable bonds is 10. The quantitative estimate of drug-likeness (QED) is 0.212. The molecule has 0 radical (unpaired) electrons. The van der Waals surface area contributed by atoms with Crippen molar-refractivity contribution in [2.45, 2.75) is 12.8 Å². The van der Waals surface area contributed by atoms with E-state index in [0.29, 0.717) is 17.2 Å². The first kappa shape index (κ1) is 26.7. The van der Waals surface area contributed by atoms with Crippen molar-refractivity contribution < 1.29 is 47.7 Å². The van der Waals surface area contributed by atoms with Gasteiger partial charge in [0.2, 0.25) is 0 Å². The molecule has 0 bridgehead atoms. The van der Waals surface area contributed by atoms with E-state index in [-0.39, 0.29) is 12.8 Å². The second kappa shape index (κ2) is 13.8. The van der Waals surface area contributed by atoms with Crippen molar-refractivity contribution in [1.29, 1.82) is 0 Å². The topological polar surface area (TPSA) is 139 Å². The first-order chi connectivity index (χ1) is 16.8. The van der Waals surface area contributed by atoms with E-state index in [0.717, 1.165) is 13.2 Å². The third-order valence-corrected chi connectivity index (χ3v) is 4.33. The maximum Gasteiger partial charge on any atom is 0.331 e. The largest absolute Gasteiger partial charge is 0.466 e. The van der Waals surface area contributed by atoms with Gasteiger partial charge in [-0.25, -0.2) is 9.59 Å². The van der Waals surface area contributed by atoms with Gasteiger partial charge in [-0.3, -0.25) is 19.2 Å². The molecule has 0 N–H and O–H groups in total. The van der Waals surface area contributed by atoms with Gasteiger partial charge < -0.3 is 18.9 Å². The highest BCUT2D eigenvalue weighted by Gasteiger charge is 2.34. The number of hydrogen-bond acceptors (Lipinski definition) is 10. The summed E-state index contributed by atoms with van der Waals surface area (Å²) in [6.45, 7) is -0.904. The first-order valence-corrected chi connectivity index (χ1v) is 10.3. The third kappa shape index (κ3) is 9.82. The summed E-state index contributed by atoms with van der Waals surface area (Å²) in [6, 6.07) is 16.8. The average Bonchev–Trinajstić information content (AvgIpc) is 2.83. The zero-order valence-electron chi connectivity index (χ0n) is 18.7. The molecule has 35 heavy (non-hydrogen) atoms. The normalized spacial score (nSPS) is 10.5. The van der Waals surface area contributed by atoms with Gasteiger partial charge in [0.05, 0.1) is 20.0 Å². The zero-order valence-corrected chi connectivity index (χ0v) is 18.7. The molecule has 0 aromatic heterocycles. The number of esters is 6. The molecule has 2 aromatic rings. The van der Waals surface area contributed by atoms with Gasteiger partial charge >= 0.3 is 35.8 Å². The van der Waals surface area contributed by atoms with E-state index in [1.54, 1.807) is 60.7 Å². The smallest absolute Gasteiger partial charge is 0.331 e. The molecule has 0 heterocycles. The van der Waals surface area contributed by atoms with E-state index < -0.39 is 48.3 Å². The minimum atomic E-state index is -1.93. The standard InChI is InChI=1S/C25H22O10/c1-32-20(26)12-13-21(27)33-16-19(24(30)34-22(28)14-17-8-4-2-5-9-17)25(31)35-23(29)15-18-10-6-3-7-11-18/h2-13,19H,14-16H2,1H3/b13-12+. The van der Waals surface area contributed by atoms with Crippen molar-refractivity contribution in [3.8, 4) is 0 Å². The highest BCUT2D eigenvalue weighted by Crippen LogP contribution is 2.10. The summed E-state index contributed by atoms with van der Waals surface area (Å²) in [7, 11) is 1.10. The summed E-state index contributed by atoms with van der Waals surface area (Å²) < 4.78 is 18.5. The Morgan fingerprint density at radius 3 is 1.54 bits per heavy atom. The van der Waals surface area contributed by atoms with Crippen molar-refractivity contribution in [3.05, 3.63) is 83.9 Å². The van der Waals surface area contributed by atoms with Gasteiger partial charge in [0, 0.05) is 12.2 Å². The predicted octanol–water partition coefficient (Wildman–Crippen LogP) is 1.50. The Balaban J connectivity index is 2.05. The van der Waals surface area contributed by atoms with Crippen molar-refractivity contribution in [3.63, 3.8) is 0 Å². The molecular weight excluding hydrogens is 460 g/mol. The number of carbonyl (C=O) groups is 6. The Kier molecular flexibility index (Phi) is 10.5. The molecule has 0 fully saturated rings. The second-order valence-corrected chi connectivity index (χ2v) is 6.95. The minimum absolute atomic E-state index is 0.261. The van der Waals surface area contributed by atoms with Crippen LogP contribution in [0.25, 0.3) is 0 Å². The van der Waals surface area contributed by atoms with Gasteiger partial charge in [-0.2, -0.15) is 0 Å². The summed E-state index contributed by atoms with van der Waals surface area (Å²) in [6.07, 6.45) is 0.952. The monoisotopic (exact) mass is 482 g/mol. The molecule has 0 aliphatic rings. The van der Waals surface area contributed by atoms with Crippen LogP contribution in [0.15, 0.2) is 72.8 Å². The lowest BCUT2D eigenvalue weighted by atomic mass is 10.1. The molecule has 0 amide bonds. The molecule has 10 nitrogen and oxygen atoms in total. The van der Waals surface area contributed by atoms with Crippen molar-refractivity contribution in [1.82, 2.24) is 0 Å². The van der Waals surface area contributed by atoms with Crippen LogP contribution >= 0.6 is 0 Å². The van der Waals surface area contributed by atoms with E-state index in [1.807, 2.05) is 0 Å². The van der Waals surface area contributed by atoms with Crippen LogP contribution in [-0.4, -0.2) is 49.5 Å². The number of carbonyl (C=O) groups excluding carboxylic acids is 6. The number of benzene rings is 2. The molecule has 0 saturated carbocycles. The highest BCUT2D eigenvalue weighted by molar-refractivity contribution is 6.03. The average molecular weight is 482 g/mol. The van der Waals surface area contributed by atoms with E-state index in [4.69, 9.17) is 14.2 Å². The molecule has 0 spiro atoms. The first-order valence-electron chi connectivity index (χ1n) is 10.3. The molecular formula is C25H22O10. The minimum Gasteiger partial charge on any atom is -0.466 e. The fourth-order valence-corrected chi connectivity index (χ4v) is 2.61. The maximum absolute atomic E-state index is 12.5. The van der Waals surface area contributed by atoms with Gasteiger partial charge in [-0.15, -0.1) is 0 Å². The molecule has 0 unspecified atom stereocenters. The lowest BCUT2D eigenvalue weighted by Gasteiger charge is -2.14. The summed E-state index contributed by atoms with van der Waals surface area (Å²) in [4.78, 5) is 72.1. The predicted molar refractivity (Wildman–Crippen MR) is 118 cm³/mol. The van der Waals surface area contributed by atoms with Crippen LogP contribution < -0.4 is 0 Å². The van der Waals surface area contributed by atoms with E-state index in [1.165, 1.54) is 0 Å². The van der Waals surface area contributed by atoms with Crippen molar-refractivity contribution in [2.24, 2.45) is 5.92 Å². The van der Waals surface area contributed by atoms with E-state index in [2.05, 4.69) is 4.74 Å². The van der Waals surface area contributed by atoms with Crippen molar-refractivity contribution in [2.75, 3.05) is 13.7 Å². The second-order valence-electron chi connectivity index (χ2n) is 6.95. The van der Waals surface area contributed by atoms with E-state index >= 15 is 0 Å². The van der Waals surface area contributed by atoms with Gasteiger partial charge in [0.25, 0.3) is 0 Å². The summed E-state index contributed by atoms with van der Waals surface area (Å²) in [5.41, 5.74) is 1.11. The molecule has 0 atom stereocenters. The Bertz CT molecular complexity index is 1020. The Hall–Kier alpha value is -4.60. The van der Waals surface area contributed by atoms with Crippen LogP contribution in [0.4, 0.5) is 0 Å². The SMILES string of the molecule is COC(=O)/C=C/C(=O)OCC(C(=O)OC(=O)Cc1ccccc1)C(=O)OC(=O)Cc1ccccc1. The lowest BCUT2D eigenvalue weighted by molar-refractivity contribution is -0.173. The number of ether oxygens (including phenoxy) is 4. The molecule has 2 rings (SSSR count). The highest BCUT2D eigenvalue weighted by atomic mass is 16.6. The molecule has 2 aromatic carbocycles. The fourth-order valence-electron chi connectivity index (χ4n) is 2.61. The summed E-state index contributed by atoms with van der Waals surface area (Å²) >= 11 is 0. The summed E-state index contributed by atoms with van der Waals surface area (Å²) in [5.74, 6) is -8.52. The van der Waals surface area contributed by atoms with Crippen LogP contribution in [0, 0.1) is 5.92 Å². The molecule has 0 saturated heterocycles. The van der Waals surface area contributed by atoms with Gasteiger partial charge in [-0.1, -0.05) is 60.7 Å². The van der Waals surface area contributed by atoms with Crippen LogP contribution in [0.2, 0.25) is 0 Å². The Labute approximate surface area is 200 Å². The maximum atomic E-state index is 12.5. The van der Waals surface area contributed by atoms with Gasteiger partial charge in [0.1, 0.15) is 6.61 Å². The molecule has 10 heteroatoms. The number of methoxy groups -OCH3 is 1. The molecule has 0 aliphatic carbocycles. The Morgan fingerprint density at radius 1 is 0.686 bits per heavy atom. The number of hydrogen-bond donors (Lipinski definition) is 0.